The Morgan fingerprint density at radius 3 is 2.67 bits per heavy atom. The Kier molecular flexibility index (Phi) is 7.33. The Morgan fingerprint density at radius 2 is 1.97 bits per heavy atom. The number of halogens is 3. The first-order valence-corrected chi connectivity index (χ1v) is 10.3. The number of anilines is 3. The molecular weight excluding hydrogens is 417 g/mol. The number of nitrogens with zero attached hydrogens (tertiary/aromatic N) is 2. The van der Waals surface area contributed by atoms with Crippen LogP contribution in [0.1, 0.15) is 18.5 Å². The topological polar surface area (TPSA) is 76.1 Å². The lowest BCUT2D eigenvalue weighted by Gasteiger charge is -2.21. The average Bonchev–Trinajstić information content (AvgIpc) is 2.72. The monoisotopic (exact) mass is 438 g/mol. The van der Waals surface area contributed by atoms with Gasteiger partial charge in [0.15, 0.2) is 10.9 Å². The lowest BCUT2D eigenvalue weighted by molar-refractivity contribution is -0.141. The summed E-state index contributed by atoms with van der Waals surface area (Å²) in [7, 11) is 0. The predicted molar refractivity (Wildman–Crippen MR) is 110 cm³/mol. The smallest absolute Gasteiger partial charge is 0.381 e. The van der Waals surface area contributed by atoms with Crippen molar-refractivity contribution in [2.24, 2.45) is 5.92 Å². The number of rotatable bonds is 7. The zero-order chi connectivity index (χ0) is 21.6. The number of ether oxygens (including phenoxy) is 1. The van der Waals surface area contributed by atoms with Crippen molar-refractivity contribution in [2.45, 2.75) is 24.2 Å². The molecule has 3 rings (SSSR count). The third kappa shape index (κ3) is 6.46. The van der Waals surface area contributed by atoms with Crippen molar-refractivity contribution in [1.29, 1.82) is 0 Å². The maximum absolute atomic E-state index is 13.3. The summed E-state index contributed by atoms with van der Waals surface area (Å²) in [6, 6.07) is 7.43. The fraction of sp³-hybridized carbons (Fsp3) is 0.350. The first-order valence-electron chi connectivity index (χ1n) is 9.31. The number of benzene rings is 1. The highest BCUT2D eigenvalue weighted by Gasteiger charge is 2.34. The van der Waals surface area contributed by atoms with E-state index in [0.717, 1.165) is 25.0 Å². The predicted octanol–water partition coefficient (Wildman–Crippen LogP) is 4.88. The zero-order valence-electron chi connectivity index (χ0n) is 16.0. The fourth-order valence-corrected chi connectivity index (χ4v) is 3.86. The largest absolute Gasteiger partial charge is 0.433 e. The van der Waals surface area contributed by atoms with Crippen LogP contribution in [0.4, 0.5) is 30.4 Å². The van der Waals surface area contributed by atoms with Crippen molar-refractivity contribution < 1.29 is 22.7 Å². The summed E-state index contributed by atoms with van der Waals surface area (Å²) in [5.74, 6) is 0.635. The van der Waals surface area contributed by atoms with E-state index in [9.17, 15) is 18.0 Å². The van der Waals surface area contributed by atoms with Crippen LogP contribution >= 0.6 is 11.8 Å². The molecule has 1 amide bonds. The molecule has 1 saturated heterocycles. The van der Waals surface area contributed by atoms with Crippen LogP contribution in [0.2, 0.25) is 0 Å². The van der Waals surface area contributed by atoms with Gasteiger partial charge in [0.05, 0.1) is 0 Å². The molecule has 30 heavy (non-hydrogen) atoms. The molecule has 1 aliphatic rings. The molecule has 0 spiro atoms. The highest BCUT2D eigenvalue weighted by molar-refractivity contribution is 7.99. The minimum atomic E-state index is -4.59. The van der Waals surface area contributed by atoms with Crippen LogP contribution in [0.25, 0.3) is 0 Å². The van der Waals surface area contributed by atoms with Crippen molar-refractivity contribution in [1.82, 2.24) is 9.97 Å². The molecule has 0 atom stereocenters. The van der Waals surface area contributed by atoms with E-state index in [1.165, 1.54) is 11.8 Å². The molecule has 0 bridgehead atoms. The second-order valence-corrected chi connectivity index (χ2v) is 7.67. The highest BCUT2D eigenvalue weighted by atomic mass is 32.2. The van der Waals surface area contributed by atoms with Gasteiger partial charge in [-0.05, 0) is 43.0 Å². The third-order valence-electron chi connectivity index (χ3n) is 4.37. The number of carbonyl (C=O) groups is 1. The summed E-state index contributed by atoms with van der Waals surface area (Å²) in [6.07, 6.45) is -1.71. The summed E-state index contributed by atoms with van der Waals surface area (Å²) in [5, 5.41) is 5.53. The molecule has 0 aliphatic carbocycles. The molecule has 0 unspecified atom stereocenters. The SMILES string of the molecule is C=CC(=O)Nc1cccc(Nc2cc(C(F)(F)F)nc(SCC3CCOCC3)n2)c1. The van der Waals surface area contributed by atoms with E-state index in [4.69, 9.17) is 4.74 Å². The first-order chi connectivity index (χ1) is 14.3. The summed E-state index contributed by atoms with van der Waals surface area (Å²) in [5.41, 5.74) is -0.0567. The van der Waals surface area contributed by atoms with Crippen LogP contribution in [0, 0.1) is 5.92 Å². The van der Waals surface area contributed by atoms with Crippen molar-refractivity contribution >= 4 is 34.9 Å². The Balaban J connectivity index is 1.78. The van der Waals surface area contributed by atoms with E-state index >= 15 is 0 Å². The molecule has 2 aromatic rings. The summed E-state index contributed by atoms with van der Waals surface area (Å²) in [4.78, 5) is 19.4. The number of carbonyl (C=O) groups excluding carboxylic acids is 1. The zero-order valence-corrected chi connectivity index (χ0v) is 16.9. The van der Waals surface area contributed by atoms with Crippen LogP contribution in [-0.4, -0.2) is 34.8 Å². The van der Waals surface area contributed by atoms with E-state index in [-0.39, 0.29) is 16.9 Å². The number of aromatic nitrogens is 2. The molecule has 6 nitrogen and oxygen atoms in total. The Labute approximate surface area is 176 Å². The van der Waals surface area contributed by atoms with Crippen LogP contribution in [0.15, 0.2) is 48.1 Å². The van der Waals surface area contributed by atoms with Gasteiger partial charge in [0.1, 0.15) is 5.82 Å². The quantitative estimate of drug-likeness (QED) is 0.365. The Bertz CT molecular complexity index is 902. The molecule has 0 radical (unpaired) electrons. The van der Waals surface area contributed by atoms with Gasteiger partial charge in [0, 0.05) is 36.4 Å². The number of nitrogens with one attached hydrogen (secondary N) is 2. The number of amides is 1. The molecule has 1 fully saturated rings. The number of hydrogen-bond acceptors (Lipinski definition) is 6. The Morgan fingerprint density at radius 1 is 1.23 bits per heavy atom. The van der Waals surface area contributed by atoms with Gasteiger partial charge < -0.3 is 15.4 Å². The van der Waals surface area contributed by atoms with Gasteiger partial charge in [0.2, 0.25) is 5.91 Å². The van der Waals surface area contributed by atoms with Crippen LogP contribution in [0.5, 0.6) is 0 Å². The standard InChI is InChI=1S/C20H21F3N4O2S/c1-2-18(28)25-15-5-3-4-14(10-15)24-17-11-16(20(21,22)23)26-19(27-17)30-12-13-6-8-29-9-7-13/h2-5,10-11,13H,1,6-9,12H2,(H,25,28)(H,24,26,27). The highest BCUT2D eigenvalue weighted by Crippen LogP contribution is 2.32. The van der Waals surface area contributed by atoms with Crippen LogP contribution in [0.3, 0.4) is 0 Å². The van der Waals surface area contributed by atoms with E-state index in [1.807, 2.05) is 0 Å². The first kappa shape index (κ1) is 22.1. The summed E-state index contributed by atoms with van der Waals surface area (Å²) >= 11 is 1.21. The summed E-state index contributed by atoms with van der Waals surface area (Å²) < 4.78 is 45.3. The number of alkyl halides is 3. The lowest BCUT2D eigenvalue weighted by Crippen LogP contribution is -2.17. The number of hydrogen-bond donors (Lipinski definition) is 2. The van der Waals surface area contributed by atoms with Gasteiger partial charge in [0.25, 0.3) is 0 Å². The second-order valence-electron chi connectivity index (χ2n) is 6.68. The normalized spacial score (nSPS) is 14.9. The minimum absolute atomic E-state index is 0.0269. The maximum atomic E-state index is 13.3. The van der Waals surface area contributed by atoms with Crippen molar-refractivity contribution in [2.75, 3.05) is 29.6 Å². The Hall–Kier alpha value is -2.59. The molecular formula is C20H21F3N4O2S. The molecule has 1 aromatic carbocycles. The lowest BCUT2D eigenvalue weighted by atomic mass is 10.0. The van der Waals surface area contributed by atoms with Gasteiger partial charge in [-0.2, -0.15) is 13.2 Å². The molecule has 0 saturated carbocycles. The second kappa shape index (κ2) is 9.94. The molecule has 10 heteroatoms. The van der Waals surface area contributed by atoms with Gasteiger partial charge >= 0.3 is 6.18 Å². The number of thioether (sulfide) groups is 1. The maximum Gasteiger partial charge on any atom is 0.433 e. The molecule has 2 N–H and O–H groups in total. The molecule has 160 valence electrons. The van der Waals surface area contributed by atoms with E-state index in [2.05, 4.69) is 27.2 Å². The van der Waals surface area contributed by atoms with E-state index < -0.39 is 11.9 Å². The van der Waals surface area contributed by atoms with Gasteiger partial charge in [-0.25, -0.2) is 9.97 Å². The summed E-state index contributed by atoms with van der Waals surface area (Å²) in [6.45, 7) is 4.71. The van der Waals surface area contributed by atoms with Gasteiger partial charge in [-0.3, -0.25) is 4.79 Å². The van der Waals surface area contributed by atoms with Crippen molar-refractivity contribution in [3.05, 3.63) is 48.7 Å². The van der Waals surface area contributed by atoms with Crippen molar-refractivity contribution in [3.8, 4) is 0 Å². The molecule has 1 aliphatic heterocycles. The van der Waals surface area contributed by atoms with Crippen LogP contribution < -0.4 is 10.6 Å². The average molecular weight is 438 g/mol. The van der Waals surface area contributed by atoms with Crippen LogP contribution in [-0.2, 0) is 15.7 Å². The minimum Gasteiger partial charge on any atom is -0.381 e. The van der Waals surface area contributed by atoms with Gasteiger partial charge in [-0.15, -0.1) is 0 Å². The third-order valence-corrected chi connectivity index (χ3v) is 5.45. The van der Waals surface area contributed by atoms with E-state index in [1.54, 1.807) is 24.3 Å². The molecule has 1 aromatic heterocycles. The van der Waals surface area contributed by atoms with Gasteiger partial charge in [-0.1, -0.05) is 24.4 Å². The van der Waals surface area contributed by atoms with Crippen molar-refractivity contribution in [3.63, 3.8) is 0 Å². The van der Waals surface area contributed by atoms with E-state index in [0.29, 0.717) is 36.3 Å². The fourth-order valence-electron chi connectivity index (χ4n) is 2.82. The molecule has 2 heterocycles.